The van der Waals surface area contributed by atoms with E-state index in [4.69, 9.17) is 5.73 Å². The molecule has 0 aromatic heterocycles. The minimum absolute atomic E-state index is 0.439. The fourth-order valence-corrected chi connectivity index (χ4v) is 0.913. The largest absolute Gasteiger partial charge is 0.398 e. The van der Waals surface area contributed by atoms with Crippen LogP contribution in [0.2, 0.25) is 0 Å². The van der Waals surface area contributed by atoms with Crippen LogP contribution in [-0.4, -0.2) is 6.29 Å². The first-order chi connectivity index (χ1) is 5.84. The van der Waals surface area contributed by atoms with Crippen LogP contribution in [0.1, 0.15) is 12.0 Å². The Balaban J connectivity index is 2.74. The van der Waals surface area contributed by atoms with Gasteiger partial charge in [0.2, 0.25) is 0 Å². The van der Waals surface area contributed by atoms with E-state index in [1.54, 1.807) is 6.08 Å². The standard InChI is InChI=1S/C10H11NO/c11-10-7-2-1-5-9(10)6-3-4-8-12/h1-3,5-8H,4,11H2. The van der Waals surface area contributed by atoms with E-state index in [0.29, 0.717) is 6.42 Å². The topological polar surface area (TPSA) is 43.1 Å². The molecule has 0 aliphatic rings. The first kappa shape index (κ1) is 8.53. The molecular weight excluding hydrogens is 150 g/mol. The number of aldehydes is 1. The summed E-state index contributed by atoms with van der Waals surface area (Å²) >= 11 is 0. The number of para-hydroxylation sites is 1. The summed E-state index contributed by atoms with van der Waals surface area (Å²) in [5.41, 5.74) is 7.36. The average Bonchev–Trinajstić information content (AvgIpc) is 2.09. The van der Waals surface area contributed by atoms with Crippen LogP contribution in [0.3, 0.4) is 0 Å². The van der Waals surface area contributed by atoms with Crippen molar-refractivity contribution in [2.24, 2.45) is 0 Å². The summed E-state index contributed by atoms with van der Waals surface area (Å²) in [6.45, 7) is 0. The second kappa shape index (κ2) is 4.34. The molecule has 0 bridgehead atoms. The lowest BCUT2D eigenvalue weighted by Gasteiger charge is -1.96. The number of nitrogen functional groups attached to an aromatic ring is 1. The Morgan fingerprint density at radius 1 is 1.33 bits per heavy atom. The molecule has 0 unspecified atom stereocenters. The second-order valence-electron chi connectivity index (χ2n) is 2.43. The molecule has 0 spiro atoms. The monoisotopic (exact) mass is 161 g/mol. The van der Waals surface area contributed by atoms with E-state index in [1.165, 1.54) is 0 Å². The van der Waals surface area contributed by atoms with Gasteiger partial charge >= 0.3 is 0 Å². The minimum atomic E-state index is 0.439. The van der Waals surface area contributed by atoms with Crippen molar-refractivity contribution in [3.05, 3.63) is 35.9 Å². The van der Waals surface area contributed by atoms with E-state index in [-0.39, 0.29) is 0 Å². The first-order valence-corrected chi connectivity index (χ1v) is 3.79. The molecule has 0 atom stereocenters. The highest BCUT2D eigenvalue weighted by Gasteiger charge is 1.89. The van der Waals surface area contributed by atoms with Crippen LogP contribution in [-0.2, 0) is 4.79 Å². The van der Waals surface area contributed by atoms with E-state index in [9.17, 15) is 4.79 Å². The maximum Gasteiger partial charge on any atom is 0.123 e. The molecule has 0 aliphatic carbocycles. The summed E-state index contributed by atoms with van der Waals surface area (Å²) in [6.07, 6.45) is 4.94. The summed E-state index contributed by atoms with van der Waals surface area (Å²) in [5.74, 6) is 0. The fraction of sp³-hybridized carbons (Fsp3) is 0.100. The van der Waals surface area contributed by atoms with Crippen LogP contribution >= 0.6 is 0 Å². The van der Waals surface area contributed by atoms with Gasteiger partial charge in [-0.1, -0.05) is 30.4 Å². The quantitative estimate of drug-likeness (QED) is 0.543. The SMILES string of the molecule is Nc1ccccc1C=CCC=O. The first-order valence-electron chi connectivity index (χ1n) is 3.79. The van der Waals surface area contributed by atoms with Crippen molar-refractivity contribution >= 4 is 18.0 Å². The third-order valence-corrected chi connectivity index (χ3v) is 1.53. The lowest BCUT2D eigenvalue weighted by atomic mass is 10.1. The van der Waals surface area contributed by atoms with Gasteiger partial charge in [-0.05, 0) is 11.6 Å². The third-order valence-electron chi connectivity index (χ3n) is 1.53. The van der Waals surface area contributed by atoms with E-state index in [0.717, 1.165) is 17.5 Å². The van der Waals surface area contributed by atoms with E-state index >= 15 is 0 Å². The Labute approximate surface area is 71.7 Å². The minimum Gasteiger partial charge on any atom is -0.398 e. The van der Waals surface area contributed by atoms with Crippen molar-refractivity contribution in [2.45, 2.75) is 6.42 Å². The number of hydrogen-bond donors (Lipinski definition) is 1. The molecule has 2 nitrogen and oxygen atoms in total. The summed E-state index contributed by atoms with van der Waals surface area (Å²) in [5, 5.41) is 0. The fourth-order valence-electron chi connectivity index (χ4n) is 0.913. The van der Waals surface area contributed by atoms with Crippen LogP contribution in [0.25, 0.3) is 6.08 Å². The molecule has 0 heterocycles. The number of allylic oxidation sites excluding steroid dienone is 1. The van der Waals surface area contributed by atoms with Crippen molar-refractivity contribution < 1.29 is 4.79 Å². The van der Waals surface area contributed by atoms with Crippen LogP contribution in [0.5, 0.6) is 0 Å². The number of rotatable bonds is 3. The van der Waals surface area contributed by atoms with Gasteiger partial charge in [-0.2, -0.15) is 0 Å². The van der Waals surface area contributed by atoms with Gasteiger partial charge in [-0.15, -0.1) is 0 Å². The lowest BCUT2D eigenvalue weighted by Crippen LogP contribution is -1.87. The summed E-state index contributed by atoms with van der Waals surface area (Å²) in [4.78, 5) is 10.00. The highest BCUT2D eigenvalue weighted by molar-refractivity contribution is 5.66. The number of anilines is 1. The molecule has 0 radical (unpaired) electrons. The molecule has 62 valence electrons. The number of benzene rings is 1. The van der Waals surface area contributed by atoms with Gasteiger partial charge in [0.25, 0.3) is 0 Å². The van der Waals surface area contributed by atoms with Gasteiger partial charge in [0.1, 0.15) is 6.29 Å². The predicted molar refractivity (Wildman–Crippen MR) is 50.6 cm³/mol. The molecule has 12 heavy (non-hydrogen) atoms. The Morgan fingerprint density at radius 2 is 2.08 bits per heavy atom. The van der Waals surface area contributed by atoms with Crippen molar-refractivity contribution in [1.82, 2.24) is 0 Å². The normalized spacial score (nSPS) is 10.3. The van der Waals surface area contributed by atoms with Gasteiger partial charge in [0.05, 0.1) is 0 Å². The number of nitrogens with two attached hydrogens (primary N) is 1. The summed E-state index contributed by atoms with van der Waals surface area (Å²) in [7, 11) is 0. The van der Waals surface area contributed by atoms with Gasteiger partial charge in [0.15, 0.2) is 0 Å². The molecule has 2 heteroatoms. The Kier molecular flexibility index (Phi) is 3.08. The number of carbonyl (C=O) groups excluding carboxylic acids is 1. The molecule has 0 fully saturated rings. The molecule has 0 amide bonds. The molecule has 2 N–H and O–H groups in total. The lowest BCUT2D eigenvalue weighted by molar-refractivity contribution is -0.107. The van der Waals surface area contributed by atoms with Gasteiger partial charge in [-0.3, -0.25) is 0 Å². The molecule has 0 saturated carbocycles. The number of carbonyl (C=O) groups is 1. The molecular formula is C10H11NO. The zero-order valence-electron chi connectivity index (χ0n) is 6.73. The molecule has 1 aromatic rings. The maximum absolute atomic E-state index is 10.00. The van der Waals surface area contributed by atoms with Crippen LogP contribution < -0.4 is 5.73 Å². The van der Waals surface area contributed by atoms with Crippen LogP contribution in [0, 0.1) is 0 Å². The molecule has 0 aliphatic heterocycles. The molecule has 0 saturated heterocycles. The Hall–Kier alpha value is -1.57. The van der Waals surface area contributed by atoms with Crippen molar-refractivity contribution in [2.75, 3.05) is 5.73 Å². The van der Waals surface area contributed by atoms with E-state index in [1.807, 2.05) is 30.3 Å². The maximum atomic E-state index is 10.00. The molecule has 1 aromatic carbocycles. The van der Waals surface area contributed by atoms with Crippen molar-refractivity contribution in [3.63, 3.8) is 0 Å². The van der Waals surface area contributed by atoms with E-state index < -0.39 is 0 Å². The third kappa shape index (κ3) is 2.23. The number of hydrogen-bond acceptors (Lipinski definition) is 2. The van der Waals surface area contributed by atoms with Crippen molar-refractivity contribution in [3.8, 4) is 0 Å². The highest BCUT2D eigenvalue weighted by Crippen LogP contribution is 2.11. The predicted octanol–water partition coefficient (Wildman–Crippen LogP) is 1.87. The van der Waals surface area contributed by atoms with Crippen LogP contribution in [0.4, 0.5) is 5.69 Å². The Morgan fingerprint density at radius 3 is 2.75 bits per heavy atom. The summed E-state index contributed by atoms with van der Waals surface area (Å²) < 4.78 is 0. The molecule has 1 rings (SSSR count). The zero-order chi connectivity index (χ0) is 8.81. The highest BCUT2D eigenvalue weighted by atomic mass is 16.1. The smallest absolute Gasteiger partial charge is 0.123 e. The van der Waals surface area contributed by atoms with Gasteiger partial charge < -0.3 is 10.5 Å². The van der Waals surface area contributed by atoms with Crippen LogP contribution in [0.15, 0.2) is 30.3 Å². The zero-order valence-corrected chi connectivity index (χ0v) is 6.73. The second-order valence-corrected chi connectivity index (χ2v) is 2.43. The Bertz CT molecular complexity index is 292. The summed E-state index contributed by atoms with van der Waals surface area (Å²) in [6, 6.07) is 7.54. The van der Waals surface area contributed by atoms with Crippen molar-refractivity contribution in [1.29, 1.82) is 0 Å². The van der Waals surface area contributed by atoms with Gasteiger partial charge in [0, 0.05) is 12.1 Å². The average molecular weight is 161 g/mol. The van der Waals surface area contributed by atoms with Gasteiger partial charge in [-0.25, -0.2) is 0 Å². The van der Waals surface area contributed by atoms with E-state index in [2.05, 4.69) is 0 Å².